The van der Waals surface area contributed by atoms with Gasteiger partial charge in [-0.15, -0.1) is 0 Å². The van der Waals surface area contributed by atoms with Crippen LogP contribution in [0.3, 0.4) is 0 Å². The number of carbonyl (C=O) groups excluding carboxylic acids is 1. The van der Waals surface area contributed by atoms with Gasteiger partial charge < -0.3 is 10.5 Å². The fraction of sp³-hybridized carbons (Fsp3) is 0.545. The molecule has 0 radical (unpaired) electrons. The minimum absolute atomic E-state index is 0.167. The maximum Gasteiger partial charge on any atom is 0.126 e. The molecule has 0 amide bonds. The number of rotatable bonds is 8. The summed E-state index contributed by atoms with van der Waals surface area (Å²) in [6.07, 6.45) is 12.2. The molecule has 1 rings (SSSR count). The molecule has 2 unspecified atom stereocenters. The molecule has 0 aliphatic carbocycles. The Balaban J connectivity index is -0.000000196. The first kappa shape index (κ1) is 41.1. The van der Waals surface area contributed by atoms with E-state index in [9.17, 15) is 4.79 Å². The topological polar surface area (TPSA) is 43.1 Å². The minimum atomic E-state index is 0.167. The normalized spacial score (nSPS) is 11.9. The fourth-order valence-corrected chi connectivity index (χ4v) is 2.45. The molecule has 0 aliphatic heterocycles. The van der Waals surface area contributed by atoms with Crippen LogP contribution in [0.1, 0.15) is 114 Å². The lowest BCUT2D eigenvalue weighted by Gasteiger charge is -2.11. The van der Waals surface area contributed by atoms with Crippen molar-refractivity contribution >= 4 is 23.0 Å². The van der Waals surface area contributed by atoms with E-state index in [0.29, 0.717) is 5.70 Å². The Kier molecular flexibility index (Phi) is 33.3. The van der Waals surface area contributed by atoms with E-state index in [1.165, 1.54) is 56.2 Å². The maximum absolute atomic E-state index is 9.44. The number of hydrogen-bond acceptors (Lipinski definition) is 2. The van der Waals surface area contributed by atoms with E-state index in [0.717, 1.165) is 23.3 Å². The molecule has 0 spiro atoms. The zero-order valence-corrected chi connectivity index (χ0v) is 26.3. The van der Waals surface area contributed by atoms with Crippen molar-refractivity contribution in [1.82, 2.24) is 0 Å². The van der Waals surface area contributed by atoms with Crippen LogP contribution >= 0.6 is 11.6 Å². The molecule has 0 saturated carbocycles. The summed E-state index contributed by atoms with van der Waals surface area (Å²) in [7, 11) is 0. The van der Waals surface area contributed by atoms with Crippen LogP contribution < -0.4 is 5.73 Å². The average molecular weight is 520 g/mol. The summed E-state index contributed by atoms with van der Waals surface area (Å²) in [5.74, 6) is 2.04. The monoisotopic (exact) mass is 519 g/mol. The first-order valence-electron chi connectivity index (χ1n) is 13.3. The first-order valence-corrected chi connectivity index (χ1v) is 13.6. The van der Waals surface area contributed by atoms with Crippen molar-refractivity contribution in [3.8, 4) is 0 Å². The van der Waals surface area contributed by atoms with E-state index in [1.807, 2.05) is 31.2 Å². The number of benzene rings is 1. The molecule has 0 aromatic heterocycles. The zero-order chi connectivity index (χ0) is 29.1. The molecule has 208 valence electrons. The summed E-state index contributed by atoms with van der Waals surface area (Å²) in [5.41, 5.74) is 9.64. The average Bonchev–Trinajstić information content (AvgIpc) is 2.82. The van der Waals surface area contributed by atoms with Gasteiger partial charge in [0.1, 0.15) is 5.78 Å². The van der Waals surface area contributed by atoms with Crippen molar-refractivity contribution < 1.29 is 4.79 Å². The number of allylic oxidation sites excluding steroid dienone is 6. The molecular weight excluding hydrogens is 462 g/mol. The van der Waals surface area contributed by atoms with E-state index >= 15 is 0 Å². The molecule has 0 heterocycles. The van der Waals surface area contributed by atoms with Crippen molar-refractivity contribution in [2.45, 2.75) is 108 Å². The second kappa shape index (κ2) is 29.2. The lowest BCUT2D eigenvalue weighted by atomic mass is 9.95. The van der Waals surface area contributed by atoms with Gasteiger partial charge in [-0.05, 0) is 88.8 Å². The summed E-state index contributed by atoms with van der Waals surface area (Å²) in [6.45, 7) is 29.3. The molecule has 0 fully saturated rings. The van der Waals surface area contributed by atoms with Gasteiger partial charge in [0.05, 0.1) is 0 Å². The van der Waals surface area contributed by atoms with Gasteiger partial charge in [0.2, 0.25) is 0 Å². The Morgan fingerprint density at radius 2 is 1.31 bits per heavy atom. The molecule has 0 bridgehead atoms. The highest BCUT2D eigenvalue weighted by atomic mass is 35.5. The molecule has 0 saturated heterocycles. The highest BCUT2D eigenvalue weighted by Crippen LogP contribution is 2.21. The van der Waals surface area contributed by atoms with Crippen LogP contribution in [0.4, 0.5) is 0 Å². The van der Waals surface area contributed by atoms with E-state index in [1.54, 1.807) is 13.0 Å². The smallest absolute Gasteiger partial charge is 0.126 e. The van der Waals surface area contributed by atoms with Gasteiger partial charge >= 0.3 is 0 Å². The Morgan fingerprint density at radius 3 is 1.53 bits per heavy atom. The van der Waals surface area contributed by atoms with Gasteiger partial charge in [0, 0.05) is 5.02 Å². The van der Waals surface area contributed by atoms with E-state index in [-0.39, 0.29) is 5.78 Å². The quantitative estimate of drug-likeness (QED) is 0.347. The second-order valence-corrected chi connectivity index (χ2v) is 9.82. The van der Waals surface area contributed by atoms with Gasteiger partial charge in [-0.25, -0.2) is 0 Å². The predicted octanol–water partition coefficient (Wildman–Crippen LogP) is 11.2. The second-order valence-electron chi connectivity index (χ2n) is 9.39. The van der Waals surface area contributed by atoms with Gasteiger partial charge in [0.25, 0.3) is 0 Å². The number of nitrogens with two attached hydrogens (primary N) is 1. The summed E-state index contributed by atoms with van der Waals surface area (Å²) < 4.78 is 0. The predicted molar refractivity (Wildman–Crippen MR) is 169 cm³/mol. The van der Waals surface area contributed by atoms with Gasteiger partial charge in [0.15, 0.2) is 0 Å². The van der Waals surface area contributed by atoms with Crippen LogP contribution in [0.5, 0.6) is 0 Å². The number of halogens is 1. The molecular formula is C33H58ClNO. The number of carbonyl (C=O) groups is 1. The van der Waals surface area contributed by atoms with Crippen molar-refractivity contribution in [1.29, 1.82) is 0 Å². The Bertz CT molecular complexity index is 699. The zero-order valence-electron chi connectivity index (χ0n) is 25.5. The van der Waals surface area contributed by atoms with Crippen LogP contribution in [0.25, 0.3) is 5.57 Å². The molecule has 2 N–H and O–H groups in total. The number of hydrogen-bond donors (Lipinski definition) is 1. The fourth-order valence-electron chi connectivity index (χ4n) is 2.32. The minimum Gasteiger partial charge on any atom is -0.403 e. The van der Waals surface area contributed by atoms with E-state index in [4.69, 9.17) is 17.3 Å². The van der Waals surface area contributed by atoms with E-state index in [2.05, 4.69) is 73.8 Å². The highest BCUT2D eigenvalue weighted by molar-refractivity contribution is 6.30. The summed E-state index contributed by atoms with van der Waals surface area (Å²) in [5, 5.41) is 0.797. The van der Waals surface area contributed by atoms with Crippen LogP contribution in [0.2, 0.25) is 5.02 Å². The molecule has 36 heavy (non-hydrogen) atoms. The highest BCUT2D eigenvalue weighted by Gasteiger charge is 2.02. The third-order valence-electron chi connectivity index (χ3n) is 5.32. The van der Waals surface area contributed by atoms with Crippen molar-refractivity contribution in [2.24, 2.45) is 17.6 Å². The molecule has 1 aromatic carbocycles. The molecule has 0 aliphatic rings. The Hall–Kier alpha value is -2.06. The Labute approximate surface area is 230 Å². The summed E-state index contributed by atoms with van der Waals surface area (Å²) in [4.78, 5) is 9.44. The van der Waals surface area contributed by atoms with E-state index < -0.39 is 0 Å². The van der Waals surface area contributed by atoms with Crippen LogP contribution in [-0.4, -0.2) is 5.78 Å². The first-order chi connectivity index (χ1) is 16.7. The molecule has 2 nitrogen and oxygen atoms in total. The Morgan fingerprint density at radius 1 is 0.944 bits per heavy atom. The van der Waals surface area contributed by atoms with Gasteiger partial charge in [-0.2, -0.15) is 0 Å². The summed E-state index contributed by atoms with van der Waals surface area (Å²) in [6, 6.07) is 8.00. The van der Waals surface area contributed by atoms with Crippen LogP contribution in [-0.2, 0) is 4.79 Å². The lowest BCUT2D eigenvalue weighted by molar-refractivity contribution is -0.114. The third kappa shape index (κ3) is 36.5. The SMILES string of the molecule is C=C(C)N.C=C/C=C\C.CC(C)=O.CC/C(C)=C(/C)c1ccc(Cl)cc1.CCC(C)CCC(C)CC. The largest absolute Gasteiger partial charge is 0.403 e. The third-order valence-corrected chi connectivity index (χ3v) is 5.57. The maximum atomic E-state index is 9.44. The van der Waals surface area contributed by atoms with Crippen molar-refractivity contribution in [2.75, 3.05) is 0 Å². The number of ketones is 1. The van der Waals surface area contributed by atoms with Gasteiger partial charge in [-0.3, -0.25) is 0 Å². The molecule has 1 aromatic rings. The lowest BCUT2D eigenvalue weighted by Crippen LogP contribution is -1.97. The molecule has 3 heteroatoms. The standard InChI is InChI=1S/C12H15Cl.C10H22.C5H8.C3H7N.C3H6O/c1-4-9(2)10(3)11-5-7-12(13)8-6-11;1-5-9(3)7-8-10(4)6-2;1-3-5-4-2;2*1-3(2)4/h5-8H,4H2,1-3H3;9-10H,5-8H2,1-4H3;3-5H,1H2,2H3;1,4H2,2H3;1-2H3/b10-9-;;5-4-;;. The van der Waals surface area contributed by atoms with Crippen molar-refractivity contribution in [3.63, 3.8) is 0 Å². The van der Waals surface area contributed by atoms with Crippen LogP contribution in [0, 0.1) is 11.8 Å². The van der Waals surface area contributed by atoms with Crippen LogP contribution in [0.15, 0.2) is 66.9 Å². The van der Waals surface area contributed by atoms with Crippen molar-refractivity contribution in [3.05, 3.63) is 77.5 Å². The van der Waals surface area contributed by atoms with Gasteiger partial charge in [-0.1, -0.05) is 121 Å². The summed E-state index contributed by atoms with van der Waals surface area (Å²) >= 11 is 5.81. The number of Topliss-reactive ketones (excluding diaryl/α,β-unsaturated/α-hetero) is 1. The molecule has 2 atom stereocenters.